The van der Waals surface area contributed by atoms with Crippen molar-refractivity contribution in [2.45, 2.75) is 20.8 Å². The van der Waals surface area contributed by atoms with E-state index in [2.05, 4.69) is 10.4 Å². The lowest BCUT2D eigenvalue weighted by molar-refractivity contribution is -0.114. The minimum atomic E-state index is -0.0772. The summed E-state index contributed by atoms with van der Waals surface area (Å²) >= 11 is 0. The smallest absolute Gasteiger partial charge is 0.243 e. The van der Waals surface area contributed by atoms with Crippen molar-refractivity contribution in [1.82, 2.24) is 14.6 Å². The van der Waals surface area contributed by atoms with E-state index in [0.29, 0.717) is 0 Å². The zero-order valence-electron chi connectivity index (χ0n) is 16.5. The van der Waals surface area contributed by atoms with Crippen molar-refractivity contribution in [2.24, 2.45) is 0 Å². The Bertz CT molecular complexity index is 1190. The van der Waals surface area contributed by atoms with E-state index in [0.717, 1.165) is 44.9 Å². The molecule has 0 aliphatic carbocycles. The van der Waals surface area contributed by atoms with Gasteiger partial charge in [-0.1, -0.05) is 24.3 Å². The molecule has 142 valence electrons. The molecule has 1 N–H and O–H groups in total. The van der Waals surface area contributed by atoms with Gasteiger partial charge in [0, 0.05) is 24.2 Å². The minimum absolute atomic E-state index is 0.0772. The van der Waals surface area contributed by atoms with Crippen molar-refractivity contribution in [1.29, 1.82) is 0 Å². The molecule has 4 aromatic rings. The fourth-order valence-corrected chi connectivity index (χ4v) is 3.42. The van der Waals surface area contributed by atoms with Crippen LogP contribution in [-0.2, 0) is 4.79 Å². The molecule has 4 rings (SSSR count). The fourth-order valence-electron chi connectivity index (χ4n) is 3.42. The van der Waals surface area contributed by atoms with Crippen LogP contribution in [-0.4, -0.2) is 34.1 Å². The van der Waals surface area contributed by atoms with Crippen LogP contribution in [0.2, 0.25) is 0 Å². The standard InChI is InChI=1S/C22H23N5O/c1-14-8-7-10-18(16(14)3)23-21(28)13-26(4)22-17-9-5-6-11-19(17)27-20(24-22)12-15(2)25-27/h5-12H,13H2,1-4H3,(H,23,28). The Balaban J connectivity index is 1.65. The van der Waals surface area contributed by atoms with E-state index in [-0.39, 0.29) is 12.5 Å². The zero-order valence-corrected chi connectivity index (χ0v) is 16.5. The molecular formula is C22H23N5O. The number of para-hydroxylation sites is 1. The SMILES string of the molecule is Cc1cc2nc(N(C)CC(=O)Nc3cccc(C)c3C)c3ccccc3n2n1. The van der Waals surface area contributed by atoms with Gasteiger partial charge in [-0.05, 0) is 50.1 Å². The van der Waals surface area contributed by atoms with Crippen molar-refractivity contribution >= 4 is 34.0 Å². The second-order valence-corrected chi connectivity index (χ2v) is 7.16. The van der Waals surface area contributed by atoms with Gasteiger partial charge in [0.2, 0.25) is 5.91 Å². The lowest BCUT2D eigenvalue weighted by Gasteiger charge is -2.20. The van der Waals surface area contributed by atoms with Gasteiger partial charge in [-0.25, -0.2) is 9.50 Å². The Labute approximate surface area is 163 Å². The molecule has 0 saturated carbocycles. The molecule has 0 radical (unpaired) electrons. The number of nitrogens with one attached hydrogen (secondary N) is 1. The molecule has 6 heteroatoms. The summed E-state index contributed by atoms with van der Waals surface area (Å²) in [6, 6.07) is 15.8. The maximum Gasteiger partial charge on any atom is 0.243 e. The number of aryl methyl sites for hydroxylation is 2. The van der Waals surface area contributed by atoms with Crippen LogP contribution in [0.5, 0.6) is 0 Å². The molecule has 0 unspecified atom stereocenters. The Kier molecular flexibility index (Phi) is 4.47. The topological polar surface area (TPSA) is 62.5 Å². The van der Waals surface area contributed by atoms with E-state index in [9.17, 15) is 4.79 Å². The van der Waals surface area contributed by atoms with Crippen LogP contribution >= 0.6 is 0 Å². The summed E-state index contributed by atoms with van der Waals surface area (Å²) in [4.78, 5) is 19.3. The number of hydrogen-bond donors (Lipinski definition) is 1. The van der Waals surface area contributed by atoms with Gasteiger partial charge in [0.15, 0.2) is 5.65 Å². The first kappa shape index (κ1) is 18.0. The summed E-state index contributed by atoms with van der Waals surface area (Å²) in [6.07, 6.45) is 0. The molecule has 6 nitrogen and oxygen atoms in total. The average molecular weight is 373 g/mol. The van der Waals surface area contributed by atoms with Gasteiger partial charge in [-0.2, -0.15) is 5.10 Å². The maximum absolute atomic E-state index is 12.7. The van der Waals surface area contributed by atoms with E-state index in [1.165, 1.54) is 0 Å². The molecule has 1 amide bonds. The first-order valence-electron chi connectivity index (χ1n) is 9.26. The number of likely N-dealkylation sites (N-methyl/N-ethyl adjacent to an activating group) is 1. The van der Waals surface area contributed by atoms with Crippen LogP contribution < -0.4 is 10.2 Å². The highest BCUT2D eigenvalue weighted by molar-refractivity contribution is 5.97. The first-order chi connectivity index (χ1) is 13.4. The van der Waals surface area contributed by atoms with Gasteiger partial charge in [-0.15, -0.1) is 0 Å². The van der Waals surface area contributed by atoms with Crippen LogP contribution in [0, 0.1) is 20.8 Å². The Morgan fingerprint density at radius 1 is 1.11 bits per heavy atom. The molecule has 2 aromatic heterocycles. The fraction of sp³-hybridized carbons (Fsp3) is 0.227. The zero-order chi connectivity index (χ0) is 19.8. The van der Waals surface area contributed by atoms with Gasteiger partial charge in [0.25, 0.3) is 0 Å². The number of anilines is 2. The predicted molar refractivity (Wildman–Crippen MR) is 113 cm³/mol. The Morgan fingerprint density at radius 2 is 1.89 bits per heavy atom. The van der Waals surface area contributed by atoms with E-state index < -0.39 is 0 Å². The number of carbonyl (C=O) groups excluding carboxylic acids is 1. The number of hydrogen-bond acceptors (Lipinski definition) is 4. The van der Waals surface area contributed by atoms with Crippen molar-refractivity contribution < 1.29 is 4.79 Å². The van der Waals surface area contributed by atoms with Gasteiger partial charge in [0.1, 0.15) is 5.82 Å². The van der Waals surface area contributed by atoms with E-state index in [4.69, 9.17) is 4.98 Å². The molecule has 0 bridgehead atoms. The van der Waals surface area contributed by atoms with E-state index in [1.807, 2.05) is 85.8 Å². The molecule has 0 atom stereocenters. The lowest BCUT2D eigenvalue weighted by Crippen LogP contribution is -2.31. The van der Waals surface area contributed by atoms with Gasteiger partial charge >= 0.3 is 0 Å². The Morgan fingerprint density at radius 3 is 2.71 bits per heavy atom. The summed E-state index contributed by atoms with van der Waals surface area (Å²) in [5.41, 5.74) is 5.73. The maximum atomic E-state index is 12.7. The van der Waals surface area contributed by atoms with Gasteiger partial charge in [-0.3, -0.25) is 4.79 Å². The Hall–Kier alpha value is -3.41. The molecule has 0 aliphatic rings. The highest BCUT2D eigenvalue weighted by Gasteiger charge is 2.16. The summed E-state index contributed by atoms with van der Waals surface area (Å²) in [6.45, 7) is 6.20. The number of aromatic nitrogens is 3. The quantitative estimate of drug-likeness (QED) is 0.590. The minimum Gasteiger partial charge on any atom is -0.350 e. The number of fused-ring (bicyclic) bond motifs is 3. The number of benzene rings is 2. The molecular weight excluding hydrogens is 350 g/mol. The summed E-state index contributed by atoms with van der Waals surface area (Å²) in [5, 5.41) is 8.51. The highest BCUT2D eigenvalue weighted by Crippen LogP contribution is 2.26. The van der Waals surface area contributed by atoms with Gasteiger partial charge in [0.05, 0.1) is 17.8 Å². The van der Waals surface area contributed by atoms with Crippen LogP contribution in [0.15, 0.2) is 48.5 Å². The van der Waals surface area contributed by atoms with Crippen molar-refractivity contribution in [3.63, 3.8) is 0 Å². The number of rotatable bonds is 4. The van der Waals surface area contributed by atoms with E-state index >= 15 is 0 Å². The molecule has 0 aliphatic heterocycles. The summed E-state index contributed by atoms with van der Waals surface area (Å²) in [7, 11) is 1.89. The first-order valence-corrected chi connectivity index (χ1v) is 9.26. The molecule has 0 saturated heterocycles. The normalized spacial score (nSPS) is 11.1. The third-order valence-corrected chi connectivity index (χ3v) is 5.03. The predicted octanol–water partition coefficient (Wildman–Crippen LogP) is 3.88. The monoisotopic (exact) mass is 373 g/mol. The van der Waals surface area contributed by atoms with Crippen molar-refractivity contribution in [2.75, 3.05) is 23.8 Å². The highest BCUT2D eigenvalue weighted by atomic mass is 16.2. The number of carbonyl (C=O) groups is 1. The van der Waals surface area contributed by atoms with Crippen LogP contribution in [0.25, 0.3) is 16.6 Å². The third kappa shape index (κ3) is 3.17. The van der Waals surface area contributed by atoms with Crippen molar-refractivity contribution in [3.05, 3.63) is 65.4 Å². The van der Waals surface area contributed by atoms with E-state index in [1.54, 1.807) is 0 Å². The van der Waals surface area contributed by atoms with Crippen LogP contribution in [0.4, 0.5) is 11.5 Å². The van der Waals surface area contributed by atoms with Crippen LogP contribution in [0.1, 0.15) is 16.8 Å². The summed E-state index contributed by atoms with van der Waals surface area (Å²) in [5.74, 6) is 0.686. The van der Waals surface area contributed by atoms with Crippen molar-refractivity contribution in [3.8, 4) is 0 Å². The summed E-state index contributed by atoms with van der Waals surface area (Å²) < 4.78 is 1.85. The second-order valence-electron chi connectivity index (χ2n) is 7.16. The molecule has 2 heterocycles. The molecule has 2 aromatic carbocycles. The average Bonchev–Trinajstić information content (AvgIpc) is 3.05. The number of amides is 1. The largest absolute Gasteiger partial charge is 0.350 e. The third-order valence-electron chi connectivity index (χ3n) is 5.03. The second kappa shape index (κ2) is 6.96. The van der Waals surface area contributed by atoms with Gasteiger partial charge < -0.3 is 10.2 Å². The number of nitrogens with zero attached hydrogens (tertiary/aromatic N) is 4. The lowest BCUT2D eigenvalue weighted by atomic mass is 10.1. The molecule has 28 heavy (non-hydrogen) atoms. The molecule has 0 fully saturated rings. The van der Waals surface area contributed by atoms with Crippen LogP contribution in [0.3, 0.4) is 0 Å². The molecule has 0 spiro atoms.